The van der Waals surface area contributed by atoms with Gasteiger partial charge in [0.1, 0.15) is 0 Å². The van der Waals surface area contributed by atoms with E-state index in [-0.39, 0.29) is 10.5 Å². The van der Waals surface area contributed by atoms with E-state index < -0.39 is 9.84 Å². The minimum atomic E-state index is -3.01. The molecule has 0 atom stereocenters. The van der Waals surface area contributed by atoms with Crippen molar-refractivity contribution in [1.29, 1.82) is 0 Å². The number of hydrogen-bond donors (Lipinski definition) is 2. The highest BCUT2D eigenvalue weighted by Crippen LogP contribution is 2.51. The number of rotatable bonds is 9. The van der Waals surface area contributed by atoms with Crippen LogP contribution in [0.5, 0.6) is 0 Å². The molecule has 2 N–H and O–H groups in total. The molecule has 2 aromatic carbocycles. The van der Waals surface area contributed by atoms with E-state index in [2.05, 4.69) is 41.8 Å². The number of sulfone groups is 1. The van der Waals surface area contributed by atoms with Gasteiger partial charge in [-0.05, 0) is 43.0 Å². The molecule has 3 rings (SSSR count). The number of thioether (sulfide) groups is 1. The third kappa shape index (κ3) is 7.40. The molecule has 29 heavy (non-hydrogen) atoms. The van der Waals surface area contributed by atoms with Gasteiger partial charge in [0.15, 0.2) is 15.8 Å². The Kier molecular flexibility index (Phi) is 7.24. The fourth-order valence-electron chi connectivity index (χ4n) is 2.99. The molecule has 7 heteroatoms. The van der Waals surface area contributed by atoms with E-state index in [4.69, 9.17) is 4.99 Å². The average molecular weight is 432 g/mol. The molecule has 0 saturated heterocycles. The Morgan fingerprint density at radius 3 is 2.28 bits per heavy atom. The molecular formula is C22H29N3O2S2. The lowest BCUT2D eigenvalue weighted by molar-refractivity contribution is 0.601. The molecule has 1 aliphatic carbocycles. The lowest BCUT2D eigenvalue weighted by Gasteiger charge is -2.18. The van der Waals surface area contributed by atoms with E-state index in [0.29, 0.717) is 6.54 Å². The summed E-state index contributed by atoms with van der Waals surface area (Å²) in [4.78, 5) is 6.00. The van der Waals surface area contributed by atoms with E-state index in [9.17, 15) is 8.42 Å². The number of nitrogens with zero attached hydrogens (tertiary/aromatic N) is 1. The van der Waals surface area contributed by atoms with Crippen LogP contribution in [0.1, 0.15) is 30.9 Å². The second kappa shape index (κ2) is 9.67. The lowest BCUT2D eigenvalue weighted by atomic mass is 10.1. The third-order valence-corrected chi connectivity index (χ3v) is 7.03. The highest BCUT2D eigenvalue weighted by Gasteiger charge is 2.43. The molecule has 0 aliphatic heterocycles. The van der Waals surface area contributed by atoms with Gasteiger partial charge in [-0.15, -0.1) is 11.8 Å². The van der Waals surface area contributed by atoms with Crippen molar-refractivity contribution in [2.24, 2.45) is 4.99 Å². The van der Waals surface area contributed by atoms with Crippen LogP contribution >= 0.6 is 11.8 Å². The Labute approximate surface area is 178 Å². The summed E-state index contributed by atoms with van der Waals surface area (Å²) in [6, 6.07) is 18.2. The van der Waals surface area contributed by atoms with Crippen LogP contribution in [0.3, 0.4) is 0 Å². The third-order valence-electron chi connectivity index (χ3n) is 4.68. The van der Waals surface area contributed by atoms with Crippen LogP contribution in [-0.2, 0) is 22.1 Å². The molecule has 2 aromatic rings. The maximum absolute atomic E-state index is 11.4. The topological polar surface area (TPSA) is 70.6 Å². The standard InChI is InChI=1S/C22H29N3O2S2/c1-3-23-21(24-15-18-9-11-19(12-10-18)16-29(2,26)27)25-17-22(13-14-22)28-20-7-5-4-6-8-20/h4-12H,3,13-17H2,1-2H3,(H2,23,24,25). The van der Waals surface area contributed by atoms with Crippen molar-refractivity contribution in [3.8, 4) is 0 Å². The maximum Gasteiger partial charge on any atom is 0.191 e. The zero-order valence-corrected chi connectivity index (χ0v) is 18.7. The Bertz CT molecular complexity index is 922. The highest BCUT2D eigenvalue weighted by molar-refractivity contribution is 8.01. The first-order chi connectivity index (χ1) is 13.9. The van der Waals surface area contributed by atoms with Crippen LogP contribution in [0.2, 0.25) is 0 Å². The predicted octanol–water partition coefficient (Wildman–Crippen LogP) is 3.61. The van der Waals surface area contributed by atoms with Crippen molar-refractivity contribution in [2.75, 3.05) is 19.3 Å². The van der Waals surface area contributed by atoms with Crippen LogP contribution < -0.4 is 10.6 Å². The van der Waals surface area contributed by atoms with Gasteiger partial charge in [-0.2, -0.15) is 0 Å². The van der Waals surface area contributed by atoms with Crippen molar-refractivity contribution in [1.82, 2.24) is 10.6 Å². The van der Waals surface area contributed by atoms with E-state index in [0.717, 1.165) is 30.2 Å². The van der Waals surface area contributed by atoms with Crippen molar-refractivity contribution in [3.05, 3.63) is 65.7 Å². The average Bonchev–Trinajstić information content (AvgIpc) is 3.44. The van der Waals surface area contributed by atoms with E-state index in [1.807, 2.05) is 42.1 Å². The van der Waals surface area contributed by atoms with Crippen LogP contribution in [0, 0.1) is 0 Å². The van der Waals surface area contributed by atoms with Gasteiger partial charge in [0.25, 0.3) is 0 Å². The van der Waals surface area contributed by atoms with Crippen molar-refractivity contribution >= 4 is 27.6 Å². The van der Waals surface area contributed by atoms with Gasteiger partial charge in [-0.1, -0.05) is 42.5 Å². The lowest BCUT2D eigenvalue weighted by Crippen LogP contribution is -2.41. The van der Waals surface area contributed by atoms with Crippen LogP contribution in [0.15, 0.2) is 64.5 Å². The fourth-order valence-corrected chi connectivity index (χ4v) is 5.04. The number of hydrogen-bond acceptors (Lipinski definition) is 4. The summed E-state index contributed by atoms with van der Waals surface area (Å²) in [5.41, 5.74) is 1.86. The molecule has 0 bridgehead atoms. The molecule has 1 saturated carbocycles. The smallest absolute Gasteiger partial charge is 0.191 e. The monoisotopic (exact) mass is 431 g/mol. The molecule has 0 aromatic heterocycles. The number of benzene rings is 2. The Morgan fingerprint density at radius 1 is 1.03 bits per heavy atom. The van der Waals surface area contributed by atoms with E-state index >= 15 is 0 Å². The van der Waals surface area contributed by atoms with Gasteiger partial charge in [-0.25, -0.2) is 13.4 Å². The summed E-state index contributed by atoms with van der Waals surface area (Å²) >= 11 is 1.94. The minimum Gasteiger partial charge on any atom is -0.357 e. The Morgan fingerprint density at radius 2 is 1.69 bits per heavy atom. The second-order valence-corrected chi connectivity index (χ2v) is 11.2. The first kappa shape index (κ1) is 21.7. The number of aliphatic imine (C=N–C) groups is 1. The molecular weight excluding hydrogens is 402 g/mol. The number of nitrogens with one attached hydrogen (secondary N) is 2. The van der Waals surface area contributed by atoms with Gasteiger partial charge < -0.3 is 10.6 Å². The maximum atomic E-state index is 11.4. The molecule has 1 fully saturated rings. The van der Waals surface area contributed by atoms with Crippen LogP contribution in [0.25, 0.3) is 0 Å². The molecule has 0 spiro atoms. The van der Waals surface area contributed by atoms with Gasteiger partial charge in [0.05, 0.1) is 12.3 Å². The molecule has 0 heterocycles. The molecule has 156 valence electrons. The van der Waals surface area contributed by atoms with Crippen LogP contribution in [-0.4, -0.2) is 38.5 Å². The molecule has 0 radical (unpaired) electrons. The van der Waals surface area contributed by atoms with Gasteiger partial charge >= 0.3 is 0 Å². The normalized spacial score (nSPS) is 15.7. The van der Waals surface area contributed by atoms with Crippen molar-refractivity contribution < 1.29 is 8.42 Å². The summed E-state index contributed by atoms with van der Waals surface area (Å²) < 4.78 is 23.1. The van der Waals surface area contributed by atoms with Gasteiger partial charge in [-0.3, -0.25) is 0 Å². The largest absolute Gasteiger partial charge is 0.357 e. The van der Waals surface area contributed by atoms with Crippen molar-refractivity contribution in [3.63, 3.8) is 0 Å². The zero-order chi connectivity index (χ0) is 20.7. The summed E-state index contributed by atoms with van der Waals surface area (Å²) in [6.07, 6.45) is 3.67. The van der Waals surface area contributed by atoms with Crippen LogP contribution in [0.4, 0.5) is 0 Å². The highest BCUT2D eigenvalue weighted by atomic mass is 32.2. The zero-order valence-electron chi connectivity index (χ0n) is 17.0. The summed E-state index contributed by atoms with van der Waals surface area (Å²) in [7, 11) is -3.01. The van der Waals surface area contributed by atoms with Gasteiger partial charge in [0, 0.05) is 29.0 Å². The van der Waals surface area contributed by atoms with Gasteiger partial charge in [0.2, 0.25) is 0 Å². The first-order valence-corrected chi connectivity index (χ1v) is 12.8. The summed E-state index contributed by atoms with van der Waals surface area (Å²) in [6.45, 7) is 4.29. The second-order valence-electron chi connectivity index (χ2n) is 7.53. The fraction of sp³-hybridized carbons (Fsp3) is 0.409. The summed E-state index contributed by atoms with van der Waals surface area (Å²) in [5.74, 6) is 0.884. The molecule has 1 aliphatic rings. The number of guanidine groups is 1. The Balaban J connectivity index is 1.56. The van der Waals surface area contributed by atoms with E-state index in [1.165, 1.54) is 24.0 Å². The Hall–Kier alpha value is -1.99. The molecule has 5 nitrogen and oxygen atoms in total. The molecule has 0 unspecified atom stereocenters. The first-order valence-electron chi connectivity index (χ1n) is 9.89. The molecule has 0 amide bonds. The van der Waals surface area contributed by atoms with Crippen molar-refractivity contribution in [2.45, 2.75) is 41.7 Å². The quantitative estimate of drug-likeness (QED) is 0.469. The predicted molar refractivity (Wildman–Crippen MR) is 122 cm³/mol. The SMILES string of the molecule is CCNC(=NCc1ccc(CS(C)(=O)=O)cc1)NCC1(Sc2ccccc2)CC1. The summed E-state index contributed by atoms with van der Waals surface area (Å²) in [5, 5.41) is 6.80. The minimum absolute atomic E-state index is 0.0713. The van der Waals surface area contributed by atoms with E-state index in [1.54, 1.807) is 0 Å².